The van der Waals surface area contributed by atoms with Gasteiger partial charge in [-0.25, -0.2) is 0 Å². The molecular formula is C15H22N2O2. The first kappa shape index (κ1) is 13.9. The second-order valence-electron chi connectivity index (χ2n) is 5.14. The van der Waals surface area contributed by atoms with Gasteiger partial charge in [-0.05, 0) is 30.9 Å². The molecule has 0 radical (unpaired) electrons. The van der Waals surface area contributed by atoms with Crippen LogP contribution >= 0.6 is 0 Å². The molecule has 1 fully saturated rings. The van der Waals surface area contributed by atoms with Crippen molar-refractivity contribution in [1.82, 2.24) is 0 Å². The van der Waals surface area contributed by atoms with Crippen LogP contribution in [0.3, 0.4) is 0 Å². The standard InChI is InChI=1S/C15H22N2O2/c1-11-5-4-6-12(11)15(18)17-13-7-2-3-8-14(13)19-10-9-16/h2-3,7-8,11-12H,4-6,9-10,16H2,1H3,(H,17,18). The Kier molecular flexibility index (Phi) is 4.80. The number of para-hydroxylation sites is 2. The number of ether oxygens (including phenoxy) is 1. The van der Waals surface area contributed by atoms with Crippen LogP contribution in [0.5, 0.6) is 5.75 Å². The van der Waals surface area contributed by atoms with E-state index in [1.165, 1.54) is 0 Å². The van der Waals surface area contributed by atoms with Crippen molar-refractivity contribution in [3.05, 3.63) is 24.3 Å². The normalized spacial score (nSPS) is 22.2. The topological polar surface area (TPSA) is 64.3 Å². The first-order valence-electron chi connectivity index (χ1n) is 6.95. The SMILES string of the molecule is CC1CCCC1C(=O)Nc1ccccc1OCCN. The highest BCUT2D eigenvalue weighted by Crippen LogP contribution is 2.33. The number of carbonyl (C=O) groups excluding carboxylic acids is 1. The van der Waals surface area contributed by atoms with E-state index >= 15 is 0 Å². The third-order valence-corrected chi connectivity index (χ3v) is 3.72. The van der Waals surface area contributed by atoms with E-state index in [1.54, 1.807) is 0 Å². The van der Waals surface area contributed by atoms with Gasteiger partial charge in [-0.15, -0.1) is 0 Å². The lowest BCUT2D eigenvalue weighted by atomic mass is 9.97. The Morgan fingerprint density at radius 3 is 2.89 bits per heavy atom. The summed E-state index contributed by atoms with van der Waals surface area (Å²) in [6, 6.07) is 7.50. The van der Waals surface area contributed by atoms with Crippen LogP contribution in [0.4, 0.5) is 5.69 Å². The minimum atomic E-state index is 0.105. The number of anilines is 1. The van der Waals surface area contributed by atoms with Crippen molar-refractivity contribution in [1.29, 1.82) is 0 Å². The van der Waals surface area contributed by atoms with E-state index in [4.69, 9.17) is 10.5 Å². The van der Waals surface area contributed by atoms with E-state index in [1.807, 2.05) is 24.3 Å². The molecule has 4 heteroatoms. The maximum absolute atomic E-state index is 12.3. The summed E-state index contributed by atoms with van der Waals surface area (Å²) in [7, 11) is 0. The number of amides is 1. The molecule has 0 aliphatic heterocycles. The van der Waals surface area contributed by atoms with Crippen molar-refractivity contribution < 1.29 is 9.53 Å². The number of hydrogen-bond donors (Lipinski definition) is 2. The molecule has 0 bridgehead atoms. The molecule has 1 amide bonds. The monoisotopic (exact) mass is 262 g/mol. The zero-order chi connectivity index (χ0) is 13.7. The summed E-state index contributed by atoms with van der Waals surface area (Å²) >= 11 is 0. The van der Waals surface area contributed by atoms with Crippen LogP contribution in [0.1, 0.15) is 26.2 Å². The van der Waals surface area contributed by atoms with Crippen molar-refractivity contribution in [2.45, 2.75) is 26.2 Å². The predicted molar refractivity (Wildman–Crippen MR) is 76.1 cm³/mol. The quantitative estimate of drug-likeness (QED) is 0.856. The average Bonchev–Trinajstić information content (AvgIpc) is 2.84. The molecule has 1 aliphatic rings. The molecule has 0 saturated heterocycles. The van der Waals surface area contributed by atoms with Gasteiger partial charge in [0.15, 0.2) is 0 Å². The third-order valence-electron chi connectivity index (χ3n) is 3.72. The molecule has 19 heavy (non-hydrogen) atoms. The van der Waals surface area contributed by atoms with E-state index in [0.717, 1.165) is 24.9 Å². The molecular weight excluding hydrogens is 240 g/mol. The van der Waals surface area contributed by atoms with Crippen LogP contribution in [0, 0.1) is 11.8 Å². The number of rotatable bonds is 5. The summed E-state index contributed by atoms with van der Waals surface area (Å²) in [6.07, 6.45) is 3.27. The molecule has 0 aromatic heterocycles. The lowest BCUT2D eigenvalue weighted by Gasteiger charge is -2.17. The zero-order valence-electron chi connectivity index (χ0n) is 11.4. The summed E-state index contributed by atoms with van der Waals surface area (Å²) in [6.45, 7) is 3.06. The number of nitrogens with two attached hydrogens (primary N) is 1. The highest BCUT2D eigenvalue weighted by molar-refractivity contribution is 5.94. The molecule has 1 aliphatic carbocycles. The van der Waals surface area contributed by atoms with Gasteiger partial charge in [0.2, 0.25) is 5.91 Å². The van der Waals surface area contributed by atoms with E-state index in [2.05, 4.69) is 12.2 Å². The second kappa shape index (κ2) is 6.57. The molecule has 1 aromatic rings. The summed E-state index contributed by atoms with van der Waals surface area (Å²) in [5, 5.41) is 2.99. The molecule has 4 nitrogen and oxygen atoms in total. The Balaban J connectivity index is 2.03. The average molecular weight is 262 g/mol. The van der Waals surface area contributed by atoms with Crippen LogP contribution in [0.25, 0.3) is 0 Å². The van der Waals surface area contributed by atoms with E-state index < -0.39 is 0 Å². The fraction of sp³-hybridized carbons (Fsp3) is 0.533. The smallest absolute Gasteiger partial charge is 0.227 e. The third kappa shape index (κ3) is 3.47. The number of nitrogens with one attached hydrogen (secondary N) is 1. The van der Waals surface area contributed by atoms with Crippen LogP contribution in [0.15, 0.2) is 24.3 Å². The lowest BCUT2D eigenvalue weighted by molar-refractivity contribution is -0.120. The fourth-order valence-electron chi connectivity index (χ4n) is 2.63. The Bertz CT molecular complexity index is 434. The molecule has 2 rings (SSSR count). The Morgan fingerprint density at radius 1 is 1.42 bits per heavy atom. The number of benzene rings is 1. The molecule has 2 atom stereocenters. The largest absolute Gasteiger partial charge is 0.490 e. The van der Waals surface area contributed by atoms with Crippen LogP contribution in [-0.2, 0) is 4.79 Å². The van der Waals surface area contributed by atoms with Crippen LogP contribution in [-0.4, -0.2) is 19.1 Å². The Morgan fingerprint density at radius 2 is 2.21 bits per heavy atom. The van der Waals surface area contributed by atoms with E-state index in [0.29, 0.717) is 24.8 Å². The Hall–Kier alpha value is -1.55. The molecule has 104 valence electrons. The summed E-state index contributed by atoms with van der Waals surface area (Å²) < 4.78 is 5.54. The maximum atomic E-state index is 12.3. The van der Waals surface area contributed by atoms with Gasteiger partial charge in [0.1, 0.15) is 12.4 Å². The summed E-state index contributed by atoms with van der Waals surface area (Å²) in [5.74, 6) is 1.39. The van der Waals surface area contributed by atoms with Crippen molar-refractivity contribution in [3.8, 4) is 5.75 Å². The molecule has 1 saturated carbocycles. The van der Waals surface area contributed by atoms with Crippen molar-refractivity contribution in [2.75, 3.05) is 18.5 Å². The van der Waals surface area contributed by atoms with Crippen molar-refractivity contribution >= 4 is 11.6 Å². The predicted octanol–water partition coefficient (Wildman–Crippen LogP) is 2.40. The van der Waals surface area contributed by atoms with Gasteiger partial charge in [0.05, 0.1) is 5.69 Å². The second-order valence-corrected chi connectivity index (χ2v) is 5.14. The zero-order valence-corrected chi connectivity index (χ0v) is 11.4. The molecule has 3 N–H and O–H groups in total. The van der Waals surface area contributed by atoms with Gasteiger partial charge in [0, 0.05) is 12.5 Å². The first-order valence-corrected chi connectivity index (χ1v) is 6.95. The minimum absolute atomic E-state index is 0.105. The molecule has 0 heterocycles. The summed E-state index contributed by atoms with van der Waals surface area (Å²) in [4.78, 5) is 12.3. The number of carbonyl (C=O) groups is 1. The van der Waals surface area contributed by atoms with Crippen LogP contribution in [0.2, 0.25) is 0 Å². The van der Waals surface area contributed by atoms with Gasteiger partial charge in [-0.2, -0.15) is 0 Å². The maximum Gasteiger partial charge on any atom is 0.227 e. The first-order chi connectivity index (χ1) is 9.22. The minimum Gasteiger partial charge on any atom is -0.490 e. The Labute approximate surface area is 114 Å². The van der Waals surface area contributed by atoms with Crippen LogP contribution < -0.4 is 15.8 Å². The fourth-order valence-corrected chi connectivity index (χ4v) is 2.63. The lowest BCUT2D eigenvalue weighted by Crippen LogP contribution is -2.25. The molecule has 1 aromatic carbocycles. The van der Waals surface area contributed by atoms with Gasteiger partial charge in [-0.1, -0.05) is 25.5 Å². The van der Waals surface area contributed by atoms with Gasteiger partial charge < -0.3 is 15.8 Å². The highest BCUT2D eigenvalue weighted by Gasteiger charge is 2.29. The van der Waals surface area contributed by atoms with E-state index in [9.17, 15) is 4.79 Å². The van der Waals surface area contributed by atoms with Gasteiger partial charge in [0.25, 0.3) is 0 Å². The van der Waals surface area contributed by atoms with Gasteiger partial charge in [-0.3, -0.25) is 4.79 Å². The summed E-state index contributed by atoms with van der Waals surface area (Å²) in [5.41, 5.74) is 6.17. The van der Waals surface area contributed by atoms with Crippen molar-refractivity contribution in [2.24, 2.45) is 17.6 Å². The van der Waals surface area contributed by atoms with Crippen molar-refractivity contribution in [3.63, 3.8) is 0 Å². The van der Waals surface area contributed by atoms with Gasteiger partial charge >= 0.3 is 0 Å². The molecule has 0 spiro atoms. The molecule has 2 unspecified atom stereocenters. The highest BCUT2D eigenvalue weighted by atomic mass is 16.5. The number of hydrogen-bond acceptors (Lipinski definition) is 3. The van der Waals surface area contributed by atoms with E-state index in [-0.39, 0.29) is 11.8 Å².